The van der Waals surface area contributed by atoms with E-state index in [4.69, 9.17) is 4.74 Å². The Morgan fingerprint density at radius 2 is 1.66 bits per heavy atom. The van der Waals surface area contributed by atoms with Crippen LogP contribution in [0.15, 0.2) is 67.0 Å². The summed E-state index contributed by atoms with van der Waals surface area (Å²) in [5.74, 6) is 1.32. The van der Waals surface area contributed by atoms with E-state index in [1.165, 1.54) is 11.9 Å². The standard InChI is InChI=1S/C23H26N6O3/c30-29(31)21-22(24-11-16-32-20-9-5-2-6-10-20)25-18-26-23(21)28-14-12-27(13-15-28)17-19-7-3-1-4-8-19/h1-10,18H,11-17H2,(H,24,25,26). The molecule has 0 amide bonds. The van der Waals surface area contributed by atoms with Crippen molar-refractivity contribution in [1.82, 2.24) is 14.9 Å². The molecule has 0 bridgehead atoms. The van der Waals surface area contributed by atoms with Gasteiger partial charge in [-0.2, -0.15) is 0 Å². The summed E-state index contributed by atoms with van der Waals surface area (Å²) in [4.78, 5) is 24.1. The van der Waals surface area contributed by atoms with Crippen molar-refractivity contribution in [2.24, 2.45) is 0 Å². The van der Waals surface area contributed by atoms with E-state index in [1.807, 2.05) is 53.4 Å². The first-order chi connectivity index (χ1) is 15.7. The van der Waals surface area contributed by atoms with E-state index in [0.29, 0.717) is 32.1 Å². The highest BCUT2D eigenvalue weighted by Gasteiger charge is 2.29. The van der Waals surface area contributed by atoms with Crippen molar-refractivity contribution in [3.63, 3.8) is 0 Å². The number of benzene rings is 2. The van der Waals surface area contributed by atoms with Crippen LogP contribution in [-0.2, 0) is 6.54 Å². The molecule has 32 heavy (non-hydrogen) atoms. The largest absolute Gasteiger partial charge is 0.492 e. The average Bonchev–Trinajstić information content (AvgIpc) is 2.83. The Kier molecular flexibility index (Phi) is 7.08. The molecule has 1 N–H and O–H groups in total. The molecule has 9 heteroatoms. The molecule has 0 atom stereocenters. The molecule has 1 aromatic heterocycles. The maximum atomic E-state index is 11.9. The zero-order valence-electron chi connectivity index (χ0n) is 17.8. The molecule has 3 aromatic rings. The minimum atomic E-state index is -0.411. The fourth-order valence-corrected chi connectivity index (χ4v) is 3.71. The molecule has 9 nitrogen and oxygen atoms in total. The van der Waals surface area contributed by atoms with Crippen LogP contribution in [0.4, 0.5) is 17.3 Å². The molecule has 0 unspecified atom stereocenters. The highest BCUT2D eigenvalue weighted by atomic mass is 16.6. The number of ether oxygens (including phenoxy) is 1. The van der Waals surface area contributed by atoms with Crippen molar-refractivity contribution < 1.29 is 9.66 Å². The number of nitrogens with zero attached hydrogens (tertiary/aromatic N) is 5. The maximum absolute atomic E-state index is 11.9. The van der Waals surface area contributed by atoms with Gasteiger partial charge in [-0.05, 0) is 17.7 Å². The lowest BCUT2D eigenvalue weighted by Crippen LogP contribution is -2.46. The SMILES string of the molecule is O=[N+]([O-])c1c(NCCOc2ccccc2)ncnc1N1CCN(Cc2ccccc2)CC1. The second-order valence-electron chi connectivity index (χ2n) is 7.49. The normalized spacial score (nSPS) is 14.2. The lowest BCUT2D eigenvalue weighted by molar-refractivity contribution is -0.383. The number of aromatic nitrogens is 2. The highest BCUT2D eigenvalue weighted by Crippen LogP contribution is 2.32. The van der Waals surface area contributed by atoms with Gasteiger partial charge < -0.3 is 15.0 Å². The highest BCUT2D eigenvalue weighted by molar-refractivity contribution is 5.70. The molecule has 2 aromatic carbocycles. The number of nitrogens with one attached hydrogen (secondary N) is 1. The molecule has 0 saturated carbocycles. The van der Waals surface area contributed by atoms with E-state index < -0.39 is 4.92 Å². The van der Waals surface area contributed by atoms with E-state index >= 15 is 0 Å². The number of para-hydroxylation sites is 1. The molecule has 4 rings (SSSR count). The monoisotopic (exact) mass is 434 g/mol. The Morgan fingerprint density at radius 1 is 0.969 bits per heavy atom. The van der Waals surface area contributed by atoms with Crippen molar-refractivity contribution >= 4 is 17.3 Å². The maximum Gasteiger partial charge on any atom is 0.353 e. The first-order valence-electron chi connectivity index (χ1n) is 10.6. The van der Waals surface area contributed by atoms with Crippen LogP contribution in [-0.4, -0.2) is 59.1 Å². The zero-order chi connectivity index (χ0) is 22.2. The van der Waals surface area contributed by atoms with Crippen LogP contribution in [0.1, 0.15) is 5.56 Å². The van der Waals surface area contributed by atoms with Crippen LogP contribution in [0.25, 0.3) is 0 Å². The molecular weight excluding hydrogens is 408 g/mol. The van der Waals surface area contributed by atoms with Gasteiger partial charge in [0.2, 0.25) is 11.6 Å². The second kappa shape index (κ2) is 10.5. The van der Waals surface area contributed by atoms with Gasteiger partial charge in [0.05, 0.1) is 11.5 Å². The Morgan fingerprint density at radius 3 is 2.34 bits per heavy atom. The van der Waals surface area contributed by atoms with Crippen LogP contribution in [0.5, 0.6) is 5.75 Å². The quantitative estimate of drug-likeness (QED) is 0.312. The van der Waals surface area contributed by atoms with E-state index in [0.717, 1.165) is 25.4 Å². The minimum Gasteiger partial charge on any atom is -0.492 e. The Hall–Kier alpha value is -3.72. The molecule has 0 aliphatic carbocycles. The predicted octanol–water partition coefficient (Wildman–Crippen LogP) is 3.20. The number of hydrogen-bond acceptors (Lipinski definition) is 8. The zero-order valence-corrected chi connectivity index (χ0v) is 17.8. The third kappa shape index (κ3) is 5.50. The van der Waals surface area contributed by atoms with E-state index in [1.54, 1.807) is 0 Å². The lowest BCUT2D eigenvalue weighted by Gasteiger charge is -2.35. The summed E-state index contributed by atoms with van der Waals surface area (Å²) in [5.41, 5.74) is 1.17. The summed E-state index contributed by atoms with van der Waals surface area (Å²) in [7, 11) is 0. The molecule has 166 valence electrons. The van der Waals surface area contributed by atoms with Crippen molar-refractivity contribution in [3.05, 3.63) is 82.7 Å². The van der Waals surface area contributed by atoms with Crippen molar-refractivity contribution in [3.8, 4) is 5.75 Å². The topological polar surface area (TPSA) is 96.7 Å². The predicted molar refractivity (Wildman–Crippen MR) is 123 cm³/mol. The molecule has 1 aliphatic heterocycles. The second-order valence-corrected chi connectivity index (χ2v) is 7.49. The fourth-order valence-electron chi connectivity index (χ4n) is 3.71. The van der Waals surface area contributed by atoms with Crippen LogP contribution in [0.3, 0.4) is 0 Å². The summed E-state index contributed by atoms with van der Waals surface area (Å²) in [6.07, 6.45) is 1.37. The van der Waals surface area contributed by atoms with E-state index in [-0.39, 0.29) is 11.5 Å². The summed E-state index contributed by atoms with van der Waals surface area (Å²) in [5, 5.41) is 14.9. The summed E-state index contributed by atoms with van der Waals surface area (Å²) >= 11 is 0. The van der Waals surface area contributed by atoms with E-state index in [2.05, 4.69) is 32.3 Å². The van der Waals surface area contributed by atoms with Crippen molar-refractivity contribution in [2.75, 3.05) is 49.5 Å². The number of anilines is 2. The Balaban J connectivity index is 1.37. The van der Waals surface area contributed by atoms with Crippen LogP contribution in [0.2, 0.25) is 0 Å². The molecule has 1 saturated heterocycles. The van der Waals surface area contributed by atoms with Gasteiger partial charge in [0.25, 0.3) is 0 Å². The minimum absolute atomic E-state index is 0.0938. The summed E-state index contributed by atoms with van der Waals surface area (Å²) < 4.78 is 5.64. The molecule has 1 fully saturated rings. The van der Waals surface area contributed by atoms with Gasteiger partial charge in [0.1, 0.15) is 18.7 Å². The fraction of sp³-hybridized carbons (Fsp3) is 0.304. The summed E-state index contributed by atoms with van der Waals surface area (Å²) in [6, 6.07) is 19.7. The average molecular weight is 435 g/mol. The Labute approximate surface area is 186 Å². The molecule has 1 aliphatic rings. The summed E-state index contributed by atoms with van der Waals surface area (Å²) in [6.45, 7) is 4.57. The van der Waals surface area contributed by atoms with Crippen LogP contribution < -0.4 is 15.0 Å². The Bertz CT molecular complexity index is 1010. The van der Waals surface area contributed by atoms with Gasteiger partial charge in [-0.25, -0.2) is 9.97 Å². The van der Waals surface area contributed by atoms with E-state index in [9.17, 15) is 10.1 Å². The number of rotatable bonds is 9. The third-order valence-electron chi connectivity index (χ3n) is 5.31. The lowest BCUT2D eigenvalue weighted by atomic mass is 10.2. The van der Waals surface area contributed by atoms with Crippen molar-refractivity contribution in [1.29, 1.82) is 0 Å². The first kappa shape index (κ1) is 21.5. The number of hydrogen-bond donors (Lipinski definition) is 1. The first-order valence-corrected chi connectivity index (χ1v) is 10.6. The van der Waals surface area contributed by atoms with Gasteiger partial charge in [-0.15, -0.1) is 0 Å². The molecule has 0 radical (unpaired) electrons. The third-order valence-corrected chi connectivity index (χ3v) is 5.31. The van der Waals surface area contributed by atoms with Gasteiger partial charge in [0.15, 0.2) is 0 Å². The molecule has 2 heterocycles. The van der Waals surface area contributed by atoms with Crippen LogP contribution >= 0.6 is 0 Å². The van der Waals surface area contributed by atoms with Crippen LogP contribution in [0, 0.1) is 10.1 Å². The van der Waals surface area contributed by atoms with Gasteiger partial charge >= 0.3 is 5.69 Å². The van der Waals surface area contributed by atoms with Gasteiger partial charge in [-0.1, -0.05) is 48.5 Å². The molecular formula is C23H26N6O3. The number of piperazine rings is 1. The number of nitro groups is 1. The smallest absolute Gasteiger partial charge is 0.353 e. The van der Waals surface area contributed by atoms with Gasteiger partial charge in [0, 0.05) is 32.7 Å². The molecule has 0 spiro atoms. The van der Waals surface area contributed by atoms with Crippen molar-refractivity contribution in [2.45, 2.75) is 6.54 Å². The van der Waals surface area contributed by atoms with Gasteiger partial charge in [-0.3, -0.25) is 15.0 Å².